The van der Waals surface area contributed by atoms with Crippen LogP contribution in [0, 0.1) is 0 Å². The van der Waals surface area contributed by atoms with Crippen molar-refractivity contribution in [1.29, 1.82) is 0 Å². The van der Waals surface area contributed by atoms with Gasteiger partial charge < -0.3 is 14.8 Å². The first-order valence-electron chi connectivity index (χ1n) is 7.34. The fourth-order valence-corrected chi connectivity index (χ4v) is 1.83. The van der Waals surface area contributed by atoms with Gasteiger partial charge in [-0.1, -0.05) is 12.1 Å². The van der Waals surface area contributed by atoms with E-state index in [0.29, 0.717) is 6.54 Å². The largest absolute Gasteiger partial charge is 0.497 e. The van der Waals surface area contributed by atoms with Crippen LogP contribution in [0.4, 0.5) is 10.6 Å². The third-order valence-electron chi connectivity index (χ3n) is 2.98. The molecule has 0 spiro atoms. The molecule has 1 aromatic carbocycles. The average molecular weight is 333 g/mol. The number of hydrogen-bond acceptors (Lipinski definition) is 6. The average Bonchev–Trinajstić information content (AvgIpc) is 3.00. The van der Waals surface area contributed by atoms with Gasteiger partial charge in [0.2, 0.25) is 5.91 Å². The van der Waals surface area contributed by atoms with Gasteiger partial charge in [-0.25, -0.2) is 4.79 Å². The number of hydrogen-bond donors (Lipinski definition) is 2. The van der Waals surface area contributed by atoms with E-state index in [9.17, 15) is 9.59 Å². The number of nitrogens with one attached hydrogen (secondary N) is 2. The molecule has 2 N–H and O–H groups in total. The maximum absolute atomic E-state index is 11.9. The molecule has 2 amide bonds. The number of carbonyl (C=O) groups excluding carboxylic acids is 2. The number of amides is 2. The summed E-state index contributed by atoms with van der Waals surface area (Å²) in [6, 6.07) is 7.38. The van der Waals surface area contributed by atoms with Gasteiger partial charge in [0, 0.05) is 6.54 Å². The fraction of sp³-hybridized carbons (Fsp3) is 0.333. The summed E-state index contributed by atoms with van der Waals surface area (Å²) in [6.07, 6.45) is 0.724. The van der Waals surface area contributed by atoms with E-state index >= 15 is 0 Å². The lowest BCUT2D eigenvalue weighted by Crippen LogP contribution is -2.28. The van der Waals surface area contributed by atoms with Crippen LogP contribution in [0.15, 0.2) is 30.5 Å². The van der Waals surface area contributed by atoms with E-state index in [1.54, 1.807) is 14.0 Å². The molecule has 128 valence electrons. The molecule has 0 unspecified atom stereocenters. The van der Waals surface area contributed by atoms with Crippen LogP contribution in [0.2, 0.25) is 0 Å². The molecule has 0 radical (unpaired) electrons. The van der Waals surface area contributed by atoms with Crippen molar-refractivity contribution in [1.82, 2.24) is 20.3 Å². The molecule has 9 heteroatoms. The van der Waals surface area contributed by atoms with Crippen molar-refractivity contribution in [3.63, 3.8) is 0 Å². The van der Waals surface area contributed by atoms with Crippen molar-refractivity contribution in [2.75, 3.05) is 19.0 Å². The first kappa shape index (κ1) is 17.3. The molecular weight excluding hydrogens is 314 g/mol. The first-order valence-corrected chi connectivity index (χ1v) is 7.34. The van der Waals surface area contributed by atoms with Gasteiger partial charge in [0.25, 0.3) is 0 Å². The molecule has 0 bridgehead atoms. The van der Waals surface area contributed by atoms with Gasteiger partial charge >= 0.3 is 6.09 Å². The Bertz CT molecular complexity index is 683. The highest BCUT2D eigenvalue weighted by Gasteiger charge is 2.09. The van der Waals surface area contributed by atoms with E-state index in [1.165, 1.54) is 11.0 Å². The number of aromatic nitrogens is 3. The number of rotatable bonds is 7. The summed E-state index contributed by atoms with van der Waals surface area (Å²) in [4.78, 5) is 24.3. The summed E-state index contributed by atoms with van der Waals surface area (Å²) in [6.45, 7) is 2.29. The highest BCUT2D eigenvalue weighted by atomic mass is 16.5. The number of ether oxygens (including phenoxy) is 2. The molecule has 2 rings (SSSR count). The Hall–Kier alpha value is -3.10. The quantitative estimate of drug-likeness (QED) is 0.787. The highest BCUT2D eigenvalue weighted by Crippen LogP contribution is 2.10. The first-order chi connectivity index (χ1) is 11.6. The van der Waals surface area contributed by atoms with Crippen molar-refractivity contribution in [3.8, 4) is 5.75 Å². The predicted molar refractivity (Wildman–Crippen MR) is 85.5 cm³/mol. The summed E-state index contributed by atoms with van der Waals surface area (Å²) < 4.78 is 9.80. The minimum Gasteiger partial charge on any atom is -0.497 e. The van der Waals surface area contributed by atoms with Crippen LogP contribution in [-0.4, -0.2) is 40.7 Å². The number of nitrogens with zero attached hydrogens (tertiary/aromatic N) is 3. The maximum Gasteiger partial charge on any atom is 0.412 e. The monoisotopic (exact) mass is 333 g/mol. The number of carbonyl (C=O) groups is 2. The Kier molecular flexibility index (Phi) is 6.12. The molecule has 2 aromatic rings. The van der Waals surface area contributed by atoms with Crippen molar-refractivity contribution < 1.29 is 19.1 Å². The van der Waals surface area contributed by atoms with E-state index in [1.807, 2.05) is 24.3 Å². The van der Waals surface area contributed by atoms with Gasteiger partial charge in [-0.2, -0.15) is 9.90 Å². The second-order valence-electron chi connectivity index (χ2n) is 4.73. The van der Waals surface area contributed by atoms with E-state index < -0.39 is 6.09 Å². The number of anilines is 1. The summed E-state index contributed by atoms with van der Waals surface area (Å²) >= 11 is 0. The van der Waals surface area contributed by atoms with Crippen LogP contribution in [0.25, 0.3) is 0 Å². The molecule has 1 heterocycles. The van der Waals surface area contributed by atoms with Crippen molar-refractivity contribution in [2.24, 2.45) is 0 Å². The lowest BCUT2D eigenvalue weighted by molar-refractivity contribution is -0.122. The Morgan fingerprint density at radius 2 is 2.00 bits per heavy atom. The highest BCUT2D eigenvalue weighted by molar-refractivity contribution is 5.83. The van der Waals surface area contributed by atoms with Gasteiger partial charge in [0.1, 0.15) is 12.3 Å². The smallest absolute Gasteiger partial charge is 0.412 e. The van der Waals surface area contributed by atoms with Crippen molar-refractivity contribution in [2.45, 2.75) is 20.0 Å². The summed E-state index contributed by atoms with van der Waals surface area (Å²) in [7, 11) is 1.60. The molecule has 0 saturated heterocycles. The van der Waals surface area contributed by atoms with Gasteiger partial charge in [0.15, 0.2) is 5.82 Å². The van der Waals surface area contributed by atoms with Gasteiger partial charge in [-0.05, 0) is 24.6 Å². The molecule has 1 aromatic heterocycles. The standard InChI is InChI=1S/C15H19N5O4/c1-3-24-15(22)18-13-9-17-20(19-13)10-14(21)16-8-11-4-6-12(23-2)7-5-11/h4-7,9H,3,8,10H2,1-2H3,(H,16,21)(H,18,19,22). The lowest BCUT2D eigenvalue weighted by Gasteiger charge is -2.06. The van der Waals surface area contributed by atoms with E-state index in [4.69, 9.17) is 9.47 Å². The summed E-state index contributed by atoms with van der Waals surface area (Å²) in [5, 5.41) is 13.0. The van der Waals surface area contributed by atoms with E-state index in [2.05, 4.69) is 20.8 Å². The van der Waals surface area contributed by atoms with Crippen molar-refractivity contribution in [3.05, 3.63) is 36.0 Å². The van der Waals surface area contributed by atoms with E-state index in [0.717, 1.165) is 11.3 Å². The Labute approximate surface area is 138 Å². The Balaban J connectivity index is 1.79. The third-order valence-corrected chi connectivity index (χ3v) is 2.98. The van der Waals surface area contributed by atoms with Gasteiger partial charge in [0.05, 0.1) is 19.9 Å². The minimum absolute atomic E-state index is 0.0549. The van der Waals surface area contributed by atoms with Crippen LogP contribution in [0.1, 0.15) is 12.5 Å². The molecule has 0 saturated carbocycles. The normalized spacial score (nSPS) is 10.1. The number of methoxy groups -OCH3 is 1. The molecule has 0 aliphatic rings. The molecule has 24 heavy (non-hydrogen) atoms. The van der Waals surface area contributed by atoms with Gasteiger partial charge in [-0.15, -0.1) is 5.10 Å². The second kappa shape index (κ2) is 8.51. The van der Waals surface area contributed by atoms with Crippen LogP contribution in [0.5, 0.6) is 5.75 Å². The van der Waals surface area contributed by atoms with Crippen LogP contribution < -0.4 is 15.4 Å². The third kappa shape index (κ3) is 5.27. The SMILES string of the molecule is CCOC(=O)Nc1cnn(CC(=O)NCc2ccc(OC)cc2)n1. The zero-order valence-electron chi connectivity index (χ0n) is 13.5. The summed E-state index contributed by atoms with van der Waals surface area (Å²) in [5.41, 5.74) is 0.947. The minimum atomic E-state index is -0.617. The zero-order chi connectivity index (χ0) is 17.4. The topological polar surface area (TPSA) is 107 Å². The molecule has 0 atom stereocenters. The van der Waals surface area contributed by atoms with Crippen LogP contribution in [0.3, 0.4) is 0 Å². The molecule has 0 aliphatic heterocycles. The lowest BCUT2D eigenvalue weighted by atomic mass is 10.2. The molecule has 9 nitrogen and oxygen atoms in total. The second-order valence-corrected chi connectivity index (χ2v) is 4.73. The molecule has 0 fully saturated rings. The fourth-order valence-electron chi connectivity index (χ4n) is 1.83. The summed E-state index contributed by atoms with van der Waals surface area (Å²) in [5.74, 6) is 0.730. The zero-order valence-corrected chi connectivity index (χ0v) is 13.5. The van der Waals surface area contributed by atoms with Crippen LogP contribution in [-0.2, 0) is 22.6 Å². The predicted octanol–water partition coefficient (Wildman–Crippen LogP) is 1.17. The van der Waals surface area contributed by atoms with E-state index in [-0.39, 0.29) is 24.9 Å². The maximum atomic E-state index is 11.9. The number of benzene rings is 1. The molecular formula is C15H19N5O4. The Morgan fingerprint density at radius 1 is 1.25 bits per heavy atom. The van der Waals surface area contributed by atoms with Gasteiger partial charge in [-0.3, -0.25) is 10.1 Å². The Morgan fingerprint density at radius 3 is 2.67 bits per heavy atom. The van der Waals surface area contributed by atoms with Crippen molar-refractivity contribution >= 4 is 17.8 Å². The van der Waals surface area contributed by atoms with Crippen LogP contribution >= 0.6 is 0 Å². The molecule has 0 aliphatic carbocycles.